The fourth-order valence-electron chi connectivity index (χ4n) is 3.02. The van der Waals surface area contributed by atoms with Gasteiger partial charge in [-0.2, -0.15) is 0 Å². The first kappa shape index (κ1) is 19.9. The molecule has 0 bridgehead atoms. The lowest BCUT2D eigenvalue weighted by Gasteiger charge is -2.20. The van der Waals surface area contributed by atoms with Crippen LogP contribution in [0.15, 0.2) is 78.9 Å². The zero-order valence-corrected chi connectivity index (χ0v) is 16.1. The van der Waals surface area contributed by atoms with Crippen LogP contribution in [-0.2, 0) is 0 Å². The highest BCUT2D eigenvalue weighted by atomic mass is 16.5. The SMILES string of the molecule is CCOc1ccc([C@H](NC(=O)c2cccc(NC(N)=O)c2)c2ccccc2)cc1. The summed E-state index contributed by atoms with van der Waals surface area (Å²) in [6.45, 7) is 2.52. The van der Waals surface area contributed by atoms with Gasteiger partial charge >= 0.3 is 6.03 Å². The van der Waals surface area contributed by atoms with E-state index in [2.05, 4.69) is 10.6 Å². The first-order valence-electron chi connectivity index (χ1n) is 9.32. The summed E-state index contributed by atoms with van der Waals surface area (Å²) in [5, 5.41) is 5.55. The molecule has 0 radical (unpaired) electrons. The summed E-state index contributed by atoms with van der Waals surface area (Å²) < 4.78 is 5.51. The highest BCUT2D eigenvalue weighted by Gasteiger charge is 2.18. The quantitative estimate of drug-likeness (QED) is 0.568. The molecule has 3 aromatic carbocycles. The predicted octanol–water partition coefficient (Wildman–Crippen LogP) is 4.10. The van der Waals surface area contributed by atoms with Crippen LogP contribution in [0.2, 0.25) is 0 Å². The number of carbonyl (C=O) groups is 2. The Morgan fingerprint density at radius 3 is 2.28 bits per heavy atom. The first-order valence-corrected chi connectivity index (χ1v) is 9.32. The standard InChI is InChI=1S/C23H23N3O3/c1-2-29-20-13-11-17(12-14-20)21(16-7-4-3-5-8-16)26-22(27)18-9-6-10-19(15-18)25-23(24)28/h3-15,21H,2H2,1H3,(H,26,27)(H3,24,25,28)/t21-/m1/s1. The molecule has 0 unspecified atom stereocenters. The number of urea groups is 1. The summed E-state index contributed by atoms with van der Waals surface area (Å²) in [5.41, 5.74) is 7.92. The molecular formula is C23H23N3O3. The van der Waals surface area contributed by atoms with Gasteiger partial charge in [0.2, 0.25) is 0 Å². The summed E-state index contributed by atoms with van der Waals surface area (Å²) in [6.07, 6.45) is 0. The molecule has 148 valence electrons. The Balaban J connectivity index is 1.87. The van der Waals surface area contributed by atoms with Crippen LogP contribution >= 0.6 is 0 Å². The first-order chi connectivity index (χ1) is 14.1. The van der Waals surface area contributed by atoms with Gasteiger partial charge in [0.15, 0.2) is 0 Å². The Hall–Kier alpha value is -3.80. The van der Waals surface area contributed by atoms with Crippen molar-refractivity contribution < 1.29 is 14.3 Å². The maximum atomic E-state index is 12.9. The van der Waals surface area contributed by atoms with Gasteiger partial charge in [-0.3, -0.25) is 4.79 Å². The zero-order chi connectivity index (χ0) is 20.6. The molecule has 3 rings (SSSR count). The highest BCUT2D eigenvalue weighted by molar-refractivity contribution is 5.97. The van der Waals surface area contributed by atoms with E-state index in [1.165, 1.54) is 0 Å². The summed E-state index contributed by atoms with van der Waals surface area (Å²) in [6, 6.07) is 23.0. The third-order valence-corrected chi connectivity index (χ3v) is 4.33. The number of nitrogens with one attached hydrogen (secondary N) is 2. The van der Waals surface area contributed by atoms with E-state index in [1.807, 2.05) is 61.5 Å². The molecule has 3 amide bonds. The van der Waals surface area contributed by atoms with Crippen LogP contribution in [0, 0.1) is 0 Å². The van der Waals surface area contributed by atoms with E-state index in [0.29, 0.717) is 17.9 Å². The largest absolute Gasteiger partial charge is 0.494 e. The van der Waals surface area contributed by atoms with Crippen molar-refractivity contribution >= 4 is 17.6 Å². The van der Waals surface area contributed by atoms with Gasteiger partial charge in [0.1, 0.15) is 5.75 Å². The molecule has 0 aliphatic heterocycles. The second-order valence-electron chi connectivity index (χ2n) is 6.39. The van der Waals surface area contributed by atoms with Gasteiger partial charge in [0.25, 0.3) is 5.91 Å². The average molecular weight is 389 g/mol. The number of ether oxygens (including phenoxy) is 1. The third-order valence-electron chi connectivity index (χ3n) is 4.33. The normalized spacial score (nSPS) is 11.3. The minimum Gasteiger partial charge on any atom is -0.494 e. The Morgan fingerprint density at radius 2 is 1.62 bits per heavy atom. The fraction of sp³-hybridized carbons (Fsp3) is 0.130. The number of benzene rings is 3. The van der Waals surface area contributed by atoms with Gasteiger partial charge in [-0.15, -0.1) is 0 Å². The number of anilines is 1. The molecule has 0 spiro atoms. The Labute approximate surface area is 169 Å². The molecular weight excluding hydrogens is 366 g/mol. The van der Waals surface area contributed by atoms with E-state index in [4.69, 9.17) is 10.5 Å². The van der Waals surface area contributed by atoms with Crippen molar-refractivity contribution in [3.8, 4) is 5.75 Å². The molecule has 1 atom stereocenters. The fourth-order valence-corrected chi connectivity index (χ4v) is 3.02. The lowest BCUT2D eigenvalue weighted by molar-refractivity contribution is 0.0943. The van der Waals surface area contributed by atoms with Crippen molar-refractivity contribution in [2.24, 2.45) is 5.73 Å². The Morgan fingerprint density at radius 1 is 0.931 bits per heavy atom. The summed E-state index contributed by atoms with van der Waals surface area (Å²) in [5.74, 6) is 0.514. The topological polar surface area (TPSA) is 93.4 Å². The highest BCUT2D eigenvalue weighted by Crippen LogP contribution is 2.25. The number of hydrogen-bond donors (Lipinski definition) is 3. The monoisotopic (exact) mass is 389 g/mol. The lowest BCUT2D eigenvalue weighted by Crippen LogP contribution is -2.29. The molecule has 0 saturated carbocycles. The van der Waals surface area contributed by atoms with Gasteiger partial charge in [0.05, 0.1) is 12.6 Å². The van der Waals surface area contributed by atoms with Gasteiger partial charge in [-0.05, 0) is 48.4 Å². The van der Waals surface area contributed by atoms with E-state index in [0.717, 1.165) is 16.9 Å². The Kier molecular flexibility index (Phi) is 6.47. The lowest BCUT2D eigenvalue weighted by atomic mass is 9.98. The third kappa shape index (κ3) is 5.35. The van der Waals surface area contributed by atoms with Crippen LogP contribution in [0.5, 0.6) is 5.75 Å². The minimum atomic E-state index is -0.681. The van der Waals surface area contributed by atoms with Crippen LogP contribution < -0.4 is 21.1 Å². The molecule has 6 heteroatoms. The minimum absolute atomic E-state index is 0.263. The maximum absolute atomic E-state index is 12.9. The number of nitrogens with two attached hydrogens (primary N) is 1. The van der Waals surface area contributed by atoms with E-state index in [-0.39, 0.29) is 11.9 Å². The van der Waals surface area contributed by atoms with Crippen LogP contribution in [-0.4, -0.2) is 18.5 Å². The number of amides is 3. The van der Waals surface area contributed by atoms with Crippen LogP contribution in [0.25, 0.3) is 0 Å². The molecule has 0 aromatic heterocycles. The molecule has 29 heavy (non-hydrogen) atoms. The van der Waals surface area contributed by atoms with Gasteiger partial charge in [0, 0.05) is 11.3 Å². The second-order valence-corrected chi connectivity index (χ2v) is 6.39. The molecule has 0 fully saturated rings. The molecule has 0 aliphatic rings. The molecule has 0 saturated heterocycles. The molecule has 6 nitrogen and oxygen atoms in total. The molecule has 0 heterocycles. The number of rotatable bonds is 7. The van der Waals surface area contributed by atoms with E-state index in [9.17, 15) is 9.59 Å². The average Bonchev–Trinajstić information content (AvgIpc) is 2.73. The van der Waals surface area contributed by atoms with Gasteiger partial charge in [-0.25, -0.2) is 4.79 Å². The van der Waals surface area contributed by atoms with Gasteiger partial charge < -0.3 is 21.1 Å². The van der Waals surface area contributed by atoms with Crippen molar-refractivity contribution in [1.29, 1.82) is 0 Å². The van der Waals surface area contributed by atoms with E-state index in [1.54, 1.807) is 24.3 Å². The van der Waals surface area contributed by atoms with Crippen molar-refractivity contribution in [2.45, 2.75) is 13.0 Å². The number of hydrogen-bond acceptors (Lipinski definition) is 3. The zero-order valence-electron chi connectivity index (χ0n) is 16.1. The molecule has 0 aliphatic carbocycles. The summed E-state index contributed by atoms with van der Waals surface area (Å²) in [4.78, 5) is 24.0. The van der Waals surface area contributed by atoms with Gasteiger partial charge in [-0.1, -0.05) is 48.5 Å². The summed E-state index contributed by atoms with van der Waals surface area (Å²) in [7, 11) is 0. The van der Waals surface area contributed by atoms with E-state index >= 15 is 0 Å². The summed E-state index contributed by atoms with van der Waals surface area (Å²) >= 11 is 0. The second kappa shape index (κ2) is 9.41. The molecule has 3 aromatic rings. The van der Waals surface area contributed by atoms with Crippen LogP contribution in [0.4, 0.5) is 10.5 Å². The van der Waals surface area contributed by atoms with Crippen LogP contribution in [0.3, 0.4) is 0 Å². The predicted molar refractivity (Wildman–Crippen MR) is 113 cm³/mol. The Bertz CT molecular complexity index is 972. The van der Waals surface area contributed by atoms with E-state index < -0.39 is 6.03 Å². The number of primary amides is 1. The smallest absolute Gasteiger partial charge is 0.316 e. The molecule has 4 N–H and O–H groups in total. The van der Waals surface area contributed by atoms with Crippen LogP contribution in [0.1, 0.15) is 34.5 Å². The number of carbonyl (C=O) groups excluding carboxylic acids is 2. The van der Waals surface area contributed by atoms with Crippen molar-refractivity contribution in [2.75, 3.05) is 11.9 Å². The van der Waals surface area contributed by atoms with Crippen molar-refractivity contribution in [3.63, 3.8) is 0 Å². The van der Waals surface area contributed by atoms with Crippen molar-refractivity contribution in [1.82, 2.24) is 5.32 Å². The maximum Gasteiger partial charge on any atom is 0.316 e. The van der Waals surface area contributed by atoms with Crippen molar-refractivity contribution in [3.05, 3.63) is 95.6 Å².